The van der Waals surface area contributed by atoms with Crippen LogP contribution < -0.4 is 5.32 Å². The summed E-state index contributed by atoms with van der Waals surface area (Å²) in [4.78, 5) is 6.66. The lowest BCUT2D eigenvalue weighted by atomic mass is 10.1. The second kappa shape index (κ2) is 5.22. The van der Waals surface area contributed by atoms with Crippen molar-refractivity contribution in [3.8, 4) is 0 Å². The van der Waals surface area contributed by atoms with Crippen LogP contribution in [0.1, 0.15) is 26.2 Å². The minimum Gasteiger partial charge on any atom is -0.370 e. The lowest BCUT2D eigenvalue weighted by Gasteiger charge is -2.22. The Kier molecular flexibility index (Phi) is 4.22. The van der Waals surface area contributed by atoms with Gasteiger partial charge in [0.15, 0.2) is 0 Å². The van der Waals surface area contributed by atoms with Crippen molar-refractivity contribution in [3.63, 3.8) is 0 Å². The summed E-state index contributed by atoms with van der Waals surface area (Å²) in [6.07, 6.45) is 3.69. The molecule has 1 unspecified atom stereocenters. The molecule has 0 aromatic carbocycles. The summed E-state index contributed by atoms with van der Waals surface area (Å²) in [5, 5.41) is 3.46. The SMILES string of the molecule is CC(CN(C)C)NC1=NCCCC1. The Hall–Kier alpha value is -0.570. The van der Waals surface area contributed by atoms with Crippen LogP contribution in [0.25, 0.3) is 0 Å². The lowest BCUT2D eigenvalue weighted by molar-refractivity contribution is 0.368. The van der Waals surface area contributed by atoms with Crippen LogP contribution in [0.15, 0.2) is 4.99 Å². The van der Waals surface area contributed by atoms with Gasteiger partial charge in [-0.3, -0.25) is 4.99 Å². The third kappa shape index (κ3) is 4.27. The summed E-state index contributed by atoms with van der Waals surface area (Å²) in [5.41, 5.74) is 0. The van der Waals surface area contributed by atoms with Crippen molar-refractivity contribution in [3.05, 3.63) is 0 Å². The Bertz CT molecular complexity index is 175. The van der Waals surface area contributed by atoms with Gasteiger partial charge in [-0.1, -0.05) is 0 Å². The fourth-order valence-corrected chi connectivity index (χ4v) is 1.69. The van der Waals surface area contributed by atoms with Crippen LogP contribution in [-0.2, 0) is 0 Å². The highest BCUT2D eigenvalue weighted by atomic mass is 15.1. The molecule has 1 aliphatic heterocycles. The molecule has 0 aromatic rings. The topological polar surface area (TPSA) is 27.6 Å². The molecule has 1 atom stereocenters. The first kappa shape index (κ1) is 10.5. The van der Waals surface area contributed by atoms with E-state index in [0.29, 0.717) is 6.04 Å². The van der Waals surface area contributed by atoms with Gasteiger partial charge in [0, 0.05) is 25.6 Å². The predicted molar refractivity (Wildman–Crippen MR) is 57.3 cm³/mol. The van der Waals surface area contributed by atoms with Gasteiger partial charge in [-0.2, -0.15) is 0 Å². The normalized spacial score (nSPS) is 19.8. The van der Waals surface area contributed by atoms with E-state index in [1.54, 1.807) is 0 Å². The van der Waals surface area contributed by atoms with E-state index in [1.807, 2.05) is 0 Å². The molecule has 13 heavy (non-hydrogen) atoms. The molecule has 0 aliphatic carbocycles. The summed E-state index contributed by atoms with van der Waals surface area (Å²) in [6.45, 7) is 4.28. The van der Waals surface area contributed by atoms with Gasteiger partial charge in [0.05, 0.1) is 5.84 Å². The van der Waals surface area contributed by atoms with Crippen LogP contribution >= 0.6 is 0 Å². The molecule has 0 radical (unpaired) electrons. The van der Waals surface area contributed by atoms with Gasteiger partial charge >= 0.3 is 0 Å². The molecule has 0 saturated carbocycles. The van der Waals surface area contributed by atoms with Crippen LogP contribution in [0.5, 0.6) is 0 Å². The lowest BCUT2D eigenvalue weighted by Crippen LogP contribution is -2.40. The van der Waals surface area contributed by atoms with Crippen LogP contribution in [0.4, 0.5) is 0 Å². The summed E-state index contributed by atoms with van der Waals surface area (Å²) in [6, 6.07) is 0.506. The Morgan fingerprint density at radius 1 is 1.46 bits per heavy atom. The smallest absolute Gasteiger partial charge is 0.0965 e. The zero-order valence-corrected chi connectivity index (χ0v) is 9.01. The Morgan fingerprint density at radius 2 is 2.23 bits per heavy atom. The highest BCUT2D eigenvalue weighted by Crippen LogP contribution is 2.04. The highest BCUT2D eigenvalue weighted by Gasteiger charge is 2.08. The molecule has 0 spiro atoms. The van der Waals surface area contributed by atoms with Crippen molar-refractivity contribution in [2.24, 2.45) is 4.99 Å². The third-order valence-corrected chi connectivity index (χ3v) is 2.18. The average Bonchev–Trinajstić information content (AvgIpc) is 2.04. The largest absolute Gasteiger partial charge is 0.370 e. The van der Waals surface area contributed by atoms with E-state index >= 15 is 0 Å². The molecule has 0 amide bonds. The maximum Gasteiger partial charge on any atom is 0.0965 e. The monoisotopic (exact) mass is 183 g/mol. The van der Waals surface area contributed by atoms with E-state index in [0.717, 1.165) is 19.5 Å². The standard InChI is InChI=1S/C10H21N3/c1-9(8-13(2)3)12-10-6-4-5-7-11-10/h9H,4-8H2,1-3H3,(H,11,12). The van der Waals surface area contributed by atoms with Gasteiger partial charge < -0.3 is 10.2 Å². The third-order valence-electron chi connectivity index (χ3n) is 2.18. The Morgan fingerprint density at radius 3 is 2.77 bits per heavy atom. The molecule has 1 aliphatic rings. The summed E-state index contributed by atoms with van der Waals surface area (Å²) < 4.78 is 0. The van der Waals surface area contributed by atoms with Crippen molar-refractivity contribution in [1.29, 1.82) is 0 Å². The Labute approximate surface area is 81.2 Å². The van der Waals surface area contributed by atoms with Crippen molar-refractivity contribution in [2.75, 3.05) is 27.2 Å². The van der Waals surface area contributed by atoms with E-state index in [-0.39, 0.29) is 0 Å². The van der Waals surface area contributed by atoms with Gasteiger partial charge in [0.2, 0.25) is 0 Å². The first-order valence-electron chi connectivity index (χ1n) is 5.13. The van der Waals surface area contributed by atoms with Gasteiger partial charge in [-0.15, -0.1) is 0 Å². The number of hydrogen-bond acceptors (Lipinski definition) is 3. The fraction of sp³-hybridized carbons (Fsp3) is 0.900. The molecular weight excluding hydrogens is 162 g/mol. The van der Waals surface area contributed by atoms with Crippen molar-refractivity contribution >= 4 is 5.84 Å². The zero-order chi connectivity index (χ0) is 9.68. The van der Waals surface area contributed by atoms with E-state index in [1.165, 1.54) is 18.7 Å². The van der Waals surface area contributed by atoms with Crippen LogP contribution in [0.3, 0.4) is 0 Å². The van der Waals surface area contributed by atoms with Gasteiger partial charge in [-0.05, 0) is 33.9 Å². The van der Waals surface area contributed by atoms with Crippen LogP contribution in [0.2, 0.25) is 0 Å². The second-order valence-corrected chi connectivity index (χ2v) is 4.09. The van der Waals surface area contributed by atoms with Crippen molar-refractivity contribution in [1.82, 2.24) is 10.2 Å². The number of likely N-dealkylation sites (N-methyl/N-ethyl adjacent to an activating group) is 1. The average molecular weight is 183 g/mol. The minimum absolute atomic E-state index is 0.506. The van der Waals surface area contributed by atoms with E-state index in [9.17, 15) is 0 Å². The van der Waals surface area contributed by atoms with E-state index in [2.05, 4.69) is 36.2 Å². The second-order valence-electron chi connectivity index (χ2n) is 4.09. The van der Waals surface area contributed by atoms with Gasteiger partial charge in [0.25, 0.3) is 0 Å². The first-order chi connectivity index (χ1) is 6.18. The Balaban J connectivity index is 2.26. The zero-order valence-electron chi connectivity index (χ0n) is 9.01. The molecular formula is C10H21N3. The van der Waals surface area contributed by atoms with Gasteiger partial charge in [-0.25, -0.2) is 0 Å². The summed E-state index contributed by atoms with van der Waals surface area (Å²) in [7, 11) is 4.20. The summed E-state index contributed by atoms with van der Waals surface area (Å²) >= 11 is 0. The van der Waals surface area contributed by atoms with Crippen molar-refractivity contribution < 1.29 is 0 Å². The molecule has 0 saturated heterocycles. The van der Waals surface area contributed by atoms with Gasteiger partial charge in [0.1, 0.15) is 0 Å². The molecule has 0 aromatic heterocycles. The maximum absolute atomic E-state index is 4.46. The van der Waals surface area contributed by atoms with E-state index in [4.69, 9.17) is 0 Å². The van der Waals surface area contributed by atoms with Crippen LogP contribution in [0, 0.1) is 0 Å². The first-order valence-corrected chi connectivity index (χ1v) is 5.13. The number of nitrogens with one attached hydrogen (secondary N) is 1. The van der Waals surface area contributed by atoms with Crippen LogP contribution in [-0.4, -0.2) is 44.0 Å². The molecule has 3 heteroatoms. The molecule has 0 bridgehead atoms. The molecule has 76 valence electrons. The molecule has 1 rings (SSSR count). The predicted octanol–water partition coefficient (Wildman–Crippen LogP) is 1.11. The maximum atomic E-state index is 4.46. The number of aliphatic imine (C=N–C) groups is 1. The fourth-order valence-electron chi connectivity index (χ4n) is 1.69. The summed E-state index contributed by atoms with van der Waals surface area (Å²) in [5.74, 6) is 1.21. The molecule has 3 nitrogen and oxygen atoms in total. The number of hydrogen-bond donors (Lipinski definition) is 1. The number of rotatable bonds is 3. The number of nitrogens with zero attached hydrogens (tertiary/aromatic N) is 2. The highest BCUT2D eigenvalue weighted by molar-refractivity contribution is 5.82. The number of amidine groups is 1. The quantitative estimate of drug-likeness (QED) is 0.710. The molecule has 1 heterocycles. The molecule has 1 N–H and O–H groups in total. The van der Waals surface area contributed by atoms with E-state index < -0.39 is 0 Å². The molecule has 0 fully saturated rings. The minimum atomic E-state index is 0.506. The van der Waals surface area contributed by atoms with Crippen molar-refractivity contribution in [2.45, 2.75) is 32.2 Å².